The molecule has 0 bridgehead atoms. The van der Waals surface area contributed by atoms with E-state index in [4.69, 9.17) is 4.42 Å². The molecule has 0 aliphatic rings. The number of nitrogens with one attached hydrogen (secondary N) is 2. The van der Waals surface area contributed by atoms with Crippen molar-refractivity contribution >= 4 is 11.6 Å². The van der Waals surface area contributed by atoms with E-state index in [0.29, 0.717) is 6.54 Å². The van der Waals surface area contributed by atoms with Crippen molar-refractivity contribution in [2.45, 2.75) is 33.7 Å². The average molecular weight is 343 g/mol. The molecule has 0 saturated heterocycles. The van der Waals surface area contributed by atoms with Crippen LogP contribution in [0.2, 0.25) is 0 Å². The van der Waals surface area contributed by atoms with Crippen LogP contribution < -0.4 is 10.6 Å². The summed E-state index contributed by atoms with van der Waals surface area (Å²) in [5, 5.41) is 6.27. The molecule has 1 amide bonds. The zero-order valence-corrected chi connectivity index (χ0v) is 15.6. The van der Waals surface area contributed by atoms with Gasteiger partial charge in [-0.1, -0.05) is 32.0 Å². The number of furan rings is 1. The Morgan fingerprint density at radius 1 is 1.12 bits per heavy atom. The van der Waals surface area contributed by atoms with Gasteiger partial charge in [0, 0.05) is 12.2 Å². The van der Waals surface area contributed by atoms with Gasteiger partial charge >= 0.3 is 0 Å². The highest BCUT2D eigenvalue weighted by atomic mass is 16.3. The lowest BCUT2D eigenvalue weighted by Gasteiger charge is -2.28. The summed E-state index contributed by atoms with van der Waals surface area (Å²) in [5.41, 5.74) is 3.32. The maximum Gasteiger partial charge on any atom is 0.239 e. The van der Waals surface area contributed by atoms with Gasteiger partial charge in [-0.3, -0.25) is 9.69 Å². The third kappa shape index (κ3) is 5.10. The number of para-hydroxylation sites is 1. The van der Waals surface area contributed by atoms with Crippen LogP contribution in [0.25, 0.3) is 0 Å². The van der Waals surface area contributed by atoms with Crippen molar-refractivity contribution in [1.82, 2.24) is 10.2 Å². The van der Waals surface area contributed by atoms with E-state index in [1.807, 2.05) is 44.2 Å². The zero-order chi connectivity index (χ0) is 18.2. The molecule has 5 nitrogen and oxygen atoms in total. The summed E-state index contributed by atoms with van der Waals surface area (Å²) in [7, 11) is 0. The van der Waals surface area contributed by atoms with Crippen LogP contribution in [0.3, 0.4) is 0 Å². The molecule has 0 unspecified atom stereocenters. The third-order valence-electron chi connectivity index (χ3n) is 4.52. The van der Waals surface area contributed by atoms with Crippen LogP contribution in [-0.4, -0.2) is 37.0 Å². The van der Waals surface area contributed by atoms with Gasteiger partial charge in [0.25, 0.3) is 0 Å². The summed E-state index contributed by atoms with van der Waals surface area (Å²) in [4.78, 5) is 14.6. The highest BCUT2D eigenvalue weighted by Gasteiger charge is 2.21. The Balaban J connectivity index is 1.93. The fourth-order valence-electron chi connectivity index (χ4n) is 3.09. The molecule has 1 heterocycles. The lowest BCUT2D eigenvalue weighted by molar-refractivity contribution is -0.119. The molecule has 0 fully saturated rings. The molecule has 5 heteroatoms. The second-order valence-electron chi connectivity index (χ2n) is 6.18. The molecule has 0 saturated carbocycles. The quantitative estimate of drug-likeness (QED) is 0.731. The predicted molar refractivity (Wildman–Crippen MR) is 102 cm³/mol. The number of nitrogens with zero attached hydrogens (tertiary/aromatic N) is 1. The fourth-order valence-corrected chi connectivity index (χ4v) is 3.09. The second-order valence-corrected chi connectivity index (χ2v) is 6.18. The van der Waals surface area contributed by atoms with Gasteiger partial charge in [-0.05, 0) is 50.2 Å². The van der Waals surface area contributed by atoms with Crippen LogP contribution in [0.4, 0.5) is 5.69 Å². The van der Waals surface area contributed by atoms with E-state index in [-0.39, 0.29) is 18.5 Å². The van der Waals surface area contributed by atoms with E-state index in [0.717, 1.165) is 35.7 Å². The molecule has 0 aliphatic carbocycles. The van der Waals surface area contributed by atoms with E-state index in [2.05, 4.69) is 29.4 Å². The van der Waals surface area contributed by atoms with Crippen molar-refractivity contribution in [3.8, 4) is 0 Å². The number of carbonyl (C=O) groups excluding carboxylic acids is 1. The molecule has 0 spiro atoms. The molecule has 0 aliphatic heterocycles. The lowest BCUT2D eigenvalue weighted by atomic mass is 10.1. The zero-order valence-electron chi connectivity index (χ0n) is 15.6. The Bertz CT molecular complexity index is 643. The van der Waals surface area contributed by atoms with Gasteiger partial charge in [-0.25, -0.2) is 0 Å². The van der Waals surface area contributed by atoms with Gasteiger partial charge in [0.05, 0.1) is 18.8 Å². The van der Waals surface area contributed by atoms with Crippen molar-refractivity contribution in [2.24, 2.45) is 0 Å². The number of amides is 1. The van der Waals surface area contributed by atoms with Gasteiger partial charge in [-0.15, -0.1) is 0 Å². The highest BCUT2D eigenvalue weighted by molar-refractivity contribution is 5.81. The number of likely N-dealkylation sites (N-methyl/N-ethyl adjacent to an activating group) is 1. The smallest absolute Gasteiger partial charge is 0.239 e. The number of rotatable bonds is 9. The van der Waals surface area contributed by atoms with Crippen LogP contribution in [-0.2, 0) is 4.79 Å². The summed E-state index contributed by atoms with van der Waals surface area (Å²) in [6.45, 7) is 10.9. The number of aryl methyl sites for hydroxylation is 2. The van der Waals surface area contributed by atoms with Crippen molar-refractivity contribution in [2.75, 3.05) is 31.5 Å². The minimum atomic E-state index is -0.0219. The van der Waals surface area contributed by atoms with Crippen LogP contribution >= 0.6 is 0 Å². The average Bonchev–Trinajstić information content (AvgIpc) is 3.12. The van der Waals surface area contributed by atoms with Gasteiger partial charge in [0.15, 0.2) is 0 Å². The number of benzene rings is 1. The van der Waals surface area contributed by atoms with Crippen LogP contribution in [0.5, 0.6) is 0 Å². The molecule has 0 radical (unpaired) electrons. The summed E-state index contributed by atoms with van der Waals surface area (Å²) < 4.78 is 5.56. The van der Waals surface area contributed by atoms with Crippen molar-refractivity contribution in [1.29, 1.82) is 0 Å². The van der Waals surface area contributed by atoms with Crippen LogP contribution in [0.15, 0.2) is 41.0 Å². The normalized spacial score (nSPS) is 12.2. The van der Waals surface area contributed by atoms with E-state index in [1.54, 1.807) is 6.26 Å². The first-order chi connectivity index (χ1) is 12.1. The van der Waals surface area contributed by atoms with Crippen molar-refractivity contribution < 1.29 is 9.21 Å². The minimum Gasteiger partial charge on any atom is -0.468 e. The Morgan fingerprint density at radius 3 is 2.36 bits per heavy atom. The largest absolute Gasteiger partial charge is 0.468 e. The standard InChI is InChI=1S/C20H29N3O2/c1-5-23(6-2)17(18-11-8-12-25-18)13-21-19(24)14-22-20-15(3)9-7-10-16(20)4/h7-12,17,22H,5-6,13-14H2,1-4H3,(H,21,24)/t17-/m1/s1. The predicted octanol–water partition coefficient (Wildman–Crippen LogP) is 3.51. The fraction of sp³-hybridized carbons (Fsp3) is 0.450. The van der Waals surface area contributed by atoms with E-state index >= 15 is 0 Å². The third-order valence-corrected chi connectivity index (χ3v) is 4.52. The number of hydrogen-bond donors (Lipinski definition) is 2. The van der Waals surface area contributed by atoms with Crippen molar-refractivity contribution in [3.05, 3.63) is 53.5 Å². The summed E-state index contributed by atoms with van der Waals surface area (Å²) in [5.74, 6) is 0.859. The topological polar surface area (TPSA) is 57.5 Å². The summed E-state index contributed by atoms with van der Waals surface area (Å²) in [6.07, 6.45) is 1.68. The molecule has 25 heavy (non-hydrogen) atoms. The van der Waals surface area contributed by atoms with Gasteiger partial charge in [0.2, 0.25) is 5.91 Å². The molecule has 136 valence electrons. The molecule has 2 aromatic rings. The Morgan fingerprint density at radius 2 is 1.80 bits per heavy atom. The van der Waals surface area contributed by atoms with Gasteiger partial charge in [0.1, 0.15) is 5.76 Å². The summed E-state index contributed by atoms with van der Waals surface area (Å²) >= 11 is 0. The minimum absolute atomic E-state index is 0.0219. The first-order valence-electron chi connectivity index (χ1n) is 8.91. The Kier molecular flexibility index (Phi) is 7.07. The second kappa shape index (κ2) is 9.28. The van der Waals surface area contributed by atoms with Gasteiger partial charge < -0.3 is 15.1 Å². The Labute approximate surface area is 150 Å². The van der Waals surface area contributed by atoms with Crippen molar-refractivity contribution in [3.63, 3.8) is 0 Å². The molecule has 1 atom stereocenters. The van der Waals surface area contributed by atoms with Crippen LogP contribution in [0.1, 0.15) is 36.8 Å². The maximum atomic E-state index is 12.3. The molecule has 2 rings (SSSR count). The van der Waals surface area contributed by atoms with Crippen LogP contribution in [0, 0.1) is 13.8 Å². The lowest BCUT2D eigenvalue weighted by Crippen LogP contribution is -2.39. The van der Waals surface area contributed by atoms with E-state index in [9.17, 15) is 4.79 Å². The first kappa shape index (κ1) is 19.1. The van der Waals surface area contributed by atoms with E-state index < -0.39 is 0 Å². The first-order valence-corrected chi connectivity index (χ1v) is 8.91. The number of hydrogen-bond acceptors (Lipinski definition) is 4. The summed E-state index contributed by atoms with van der Waals surface area (Å²) in [6, 6.07) is 10.0. The van der Waals surface area contributed by atoms with Gasteiger partial charge in [-0.2, -0.15) is 0 Å². The molecule has 2 N–H and O–H groups in total. The number of carbonyl (C=O) groups is 1. The SMILES string of the molecule is CCN(CC)[C@H](CNC(=O)CNc1c(C)cccc1C)c1ccco1. The number of anilines is 1. The van der Waals surface area contributed by atoms with E-state index in [1.165, 1.54) is 0 Å². The molecular formula is C20H29N3O2. The highest BCUT2D eigenvalue weighted by Crippen LogP contribution is 2.21. The Hall–Kier alpha value is -2.27. The molecular weight excluding hydrogens is 314 g/mol. The monoisotopic (exact) mass is 343 g/mol. The molecule has 1 aromatic carbocycles. The maximum absolute atomic E-state index is 12.3. The molecule has 1 aromatic heterocycles.